The van der Waals surface area contributed by atoms with Crippen molar-refractivity contribution in [3.63, 3.8) is 0 Å². The molecule has 0 bridgehead atoms. The summed E-state index contributed by atoms with van der Waals surface area (Å²) in [6.07, 6.45) is 0.891. The average Bonchev–Trinajstić information content (AvgIpc) is 3.32. The highest BCUT2D eigenvalue weighted by atomic mass is 16.5. The quantitative estimate of drug-likeness (QED) is 0.553. The lowest BCUT2D eigenvalue weighted by Crippen LogP contribution is -2.36. The lowest BCUT2D eigenvalue weighted by atomic mass is 9.87. The fourth-order valence-corrected chi connectivity index (χ4v) is 4.42. The summed E-state index contributed by atoms with van der Waals surface area (Å²) in [7, 11) is 6.26. The molecule has 3 rings (SSSR count). The Bertz CT molecular complexity index is 996. The maximum atomic E-state index is 13.3. The molecule has 8 heteroatoms. The molecule has 1 heterocycles. The Labute approximate surface area is 207 Å². The minimum atomic E-state index is -0.410. The van der Waals surface area contributed by atoms with Crippen LogP contribution in [0, 0.1) is 11.8 Å². The third-order valence-electron chi connectivity index (χ3n) is 6.42. The molecule has 2 aromatic rings. The molecule has 0 spiro atoms. The number of ether oxygens (including phenoxy) is 4. The molecule has 1 aliphatic rings. The molecule has 2 aromatic carbocycles. The maximum absolute atomic E-state index is 13.3. The predicted molar refractivity (Wildman–Crippen MR) is 134 cm³/mol. The number of carbonyl (C=O) groups excluding carboxylic acids is 2. The molecule has 0 unspecified atom stereocenters. The van der Waals surface area contributed by atoms with E-state index in [2.05, 4.69) is 19.2 Å². The van der Waals surface area contributed by atoms with Crippen LogP contribution in [0.3, 0.4) is 0 Å². The number of hydrogen-bond acceptors (Lipinski definition) is 6. The third-order valence-corrected chi connectivity index (χ3v) is 6.42. The van der Waals surface area contributed by atoms with Crippen LogP contribution < -0.4 is 24.3 Å². The van der Waals surface area contributed by atoms with Crippen molar-refractivity contribution in [1.29, 1.82) is 0 Å². The topological polar surface area (TPSA) is 86.3 Å². The first-order valence-electron chi connectivity index (χ1n) is 11.8. The van der Waals surface area contributed by atoms with E-state index in [1.807, 2.05) is 12.1 Å². The van der Waals surface area contributed by atoms with E-state index in [4.69, 9.17) is 18.9 Å². The monoisotopic (exact) mass is 484 g/mol. The molecule has 1 fully saturated rings. The van der Waals surface area contributed by atoms with E-state index in [0.29, 0.717) is 54.1 Å². The molecule has 190 valence electrons. The number of rotatable bonds is 10. The second-order valence-corrected chi connectivity index (χ2v) is 9.08. The van der Waals surface area contributed by atoms with Gasteiger partial charge >= 0.3 is 0 Å². The van der Waals surface area contributed by atoms with Crippen LogP contribution in [0.2, 0.25) is 0 Å². The van der Waals surface area contributed by atoms with Gasteiger partial charge in [0.2, 0.25) is 11.7 Å². The largest absolute Gasteiger partial charge is 0.497 e. The molecule has 0 aliphatic carbocycles. The van der Waals surface area contributed by atoms with Gasteiger partial charge in [0.15, 0.2) is 11.5 Å². The van der Waals surface area contributed by atoms with Gasteiger partial charge in [-0.2, -0.15) is 0 Å². The molecular weight excluding hydrogens is 448 g/mol. The van der Waals surface area contributed by atoms with Crippen LogP contribution in [-0.4, -0.2) is 64.8 Å². The van der Waals surface area contributed by atoms with Crippen molar-refractivity contribution in [2.45, 2.75) is 26.2 Å². The van der Waals surface area contributed by atoms with Gasteiger partial charge in [-0.1, -0.05) is 13.8 Å². The number of amides is 2. The predicted octanol–water partition coefficient (Wildman–Crippen LogP) is 3.74. The Morgan fingerprint density at radius 2 is 1.57 bits per heavy atom. The Morgan fingerprint density at radius 3 is 2.09 bits per heavy atom. The highest BCUT2D eigenvalue weighted by molar-refractivity contribution is 5.95. The van der Waals surface area contributed by atoms with Crippen LogP contribution in [0.15, 0.2) is 36.4 Å². The van der Waals surface area contributed by atoms with Gasteiger partial charge in [0.25, 0.3) is 5.91 Å². The smallest absolute Gasteiger partial charge is 0.253 e. The molecule has 2 amide bonds. The van der Waals surface area contributed by atoms with Crippen LogP contribution in [0.5, 0.6) is 23.0 Å². The second-order valence-electron chi connectivity index (χ2n) is 9.08. The lowest BCUT2D eigenvalue weighted by Gasteiger charge is -2.21. The van der Waals surface area contributed by atoms with E-state index in [0.717, 1.165) is 12.0 Å². The first-order valence-corrected chi connectivity index (χ1v) is 11.8. The molecule has 1 aliphatic heterocycles. The van der Waals surface area contributed by atoms with Crippen molar-refractivity contribution in [3.8, 4) is 23.0 Å². The zero-order valence-corrected chi connectivity index (χ0v) is 21.4. The van der Waals surface area contributed by atoms with E-state index in [-0.39, 0.29) is 17.7 Å². The molecule has 8 nitrogen and oxygen atoms in total. The van der Waals surface area contributed by atoms with Gasteiger partial charge in [-0.15, -0.1) is 0 Å². The third kappa shape index (κ3) is 5.99. The van der Waals surface area contributed by atoms with E-state index < -0.39 is 5.92 Å². The number of nitrogens with zero attached hydrogens (tertiary/aromatic N) is 1. The van der Waals surface area contributed by atoms with E-state index >= 15 is 0 Å². The molecule has 1 N–H and O–H groups in total. The van der Waals surface area contributed by atoms with Gasteiger partial charge in [0.05, 0.1) is 34.4 Å². The fraction of sp³-hybridized carbons (Fsp3) is 0.481. The Morgan fingerprint density at radius 1 is 0.943 bits per heavy atom. The average molecular weight is 485 g/mol. The molecule has 0 aromatic heterocycles. The number of methoxy groups -OCH3 is 4. The first kappa shape index (κ1) is 26.2. The highest BCUT2D eigenvalue weighted by Crippen LogP contribution is 2.43. The summed E-state index contributed by atoms with van der Waals surface area (Å²) >= 11 is 0. The summed E-state index contributed by atoms with van der Waals surface area (Å²) in [5.74, 6) is 1.86. The molecular formula is C27H36N2O6. The molecule has 0 radical (unpaired) electrons. The summed E-state index contributed by atoms with van der Waals surface area (Å²) < 4.78 is 21.7. The minimum absolute atomic E-state index is 0.0607. The van der Waals surface area contributed by atoms with Crippen LogP contribution >= 0.6 is 0 Å². The van der Waals surface area contributed by atoms with Gasteiger partial charge in [0, 0.05) is 31.1 Å². The Kier molecular flexibility index (Phi) is 8.84. The van der Waals surface area contributed by atoms with Gasteiger partial charge in [0.1, 0.15) is 5.75 Å². The van der Waals surface area contributed by atoms with Crippen molar-refractivity contribution in [1.82, 2.24) is 10.2 Å². The summed E-state index contributed by atoms with van der Waals surface area (Å²) in [6.45, 7) is 5.55. The normalized spacial score (nSPS) is 17.3. The minimum Gasteiger partial charge on any atom is -0.497 e. The molecule has 2 atom stereocenters. The summed E-state index contributed by atoms with van der Waals surface area (Å²) in [4.78, 5) is 28.3. The SMILES string of the molecule is COc1ccc(C(=O)N2C[C@H](C(=O)NCCC(C)C)[C@@H](c3cc(OC)c(OC)c(OC)c3)C2)cc1. The van der Waals surface area contributed by atoms with Gasteiger partial charge in [-0.05, 0) is 54.3 Å². The molecule has 35 heavy (non-hydrogen) atoms. The van der Waals surface area contributed by atoms with Crippen molar-refractivity contribution in [2.24, 2.45) is 11.8 Å². The summed E-state index contributed by atoms with van der Waals surface area (Å²) in [6, 6.07) is 10.7. The number of benzene rings is 2. The Balaban J connectivity index is 1.92. The maximum Gasteiger partial charge on any atom is 0.253 e. The number of nitrogens with one attached hydrogen (secondary N) is 1. The summed E-state index contributed by atoms with van der Waals surface area (Å²) in [5, 5.41) is 3.07. The molecule has 1 saturated heterocycles. The number of likely N-dealkylation sites (tertiary alicyclic amines) is 1. The van der Waals surface area contributed by atoms with Crippen LogP contribution in [0.4, 0.5) is 0 Å². The van der Waals surface area contributed by atoms with E-state index in [1.165, 1.54) is 0 Å². The molecule has 0 saturated carbocycles. The van der Waals surface area contributed by atoms with Crippen molar-refractivity contribution < 1.29 is 28.5 Å². The zero-order chi connectivity index (χ0) is 25.5. The van der Waals surface area contributed by atoms with Crippen LogP contribution in [-0.2, 0) is 4.79 Å². The number of carbonyl (C=O) groups is 2. The van der Waals surface area contributed by atoms with Crippen LogP contribution in [0.1, 0.15) is 42.1 Å². The zero-order valence-electron chi connectivity index (χ0n) is 21.4. The van der Waals surface area contributed by atoms with Gasteiger partial charge in [-0.25, -0.2) is 0 Å². The Hall–Kier alpha value is -3.42. The van der Waals surface area contributed by atoms with Crippen LogP contribution in [0.25, 0.3) is 0 Å². The van der Waals surface area contributed by atoms with Crippen molar-refractivity contribution in [2.75, 3.05) is 48.1 Å². The highest BCUT2D eigenvalue weighted by Gasteiger charge is 2.41. The van der Waals surface area contributed by atoms with E-state index in [1.54, 1.807) is 57.6 Å². The first-order chi connectivity index (χ1) is 16.8. The number of hydrogen-bond donors (Lipinski definition) is 1. The van der Waals surface area contributed by atoms with Crippen molar-refractivity contribution in [3.05, 3.63) is 47.5 Å². The summed E-state index contributed by atoms with van der Waals surface area (Å²) in [5.41, 5.74) is 1.41. The lowest BCUT2D eigenvalue weighted by molar-refractivity contribution is -0.124. The fourth-order valence-electron chi connectivity index (χ4n) is 4.42. The standard InChI is InChI=1S/C27H36N2O6/c1-17(2)11-12-28-26(30)22-16-29(27(31)18-7-9-20(32-3)10-8-18)15-21(22)19-13-23(33-4)25(35-6)24(14-19)34-5/h7-10,13-14,17,21-22H,11-12,15-16H2,1-6H3,(H,28,30)/t21-,22+/m1/s1. The van der Waals surface area contributed by atoms with Gasteiger partial charge in [-0.3, -0.25) is 9.59 Å². The van der Waals surface area contributed by atoms with Crippen molar-refractivity contribution >= 4 is 11.8 Å². The van der Waals surface area contributed by atoms with Gasteiger partial charge < -0.3 is 29.2 Å². The van der Waals surface area contributed by atoms with E-state index in [9.17, 15) is 9.59 Å². The second kappa shape index (κ2) is 11.8.